The summed E-state index contributed by atoms with van der Waals surface area (Å²) in [6, 6.07) is 24.6. The van der Waals surface area contributed by atoms with Crippen molar-refractivity contribution in [2.75, 3.05) is 12.3 Å². The van der Waals surface area contributed by atoms with Gasteiger partial charge in [-0.3, -0.25) is 9.36 Å². The van der Waals surface area contributed by atoms with Crippen molar-refractivity contribution in [2.45, 2.75) is 24.5 Å². The molecule has 0 spiro atoms. The molecule has 0 aliphatic rings. The lowest BCUT2D eigenvalue weighted by atomic mass is 10.1. The topological polar surface area (TPSA) is 59.8 Å². The van der Waals surface area contributed by atoms with Crippen molar-refractivity contribution in [3.63, 3.8) is 0 Å². The van der Waals surface area contributed by atoms with Gasteiger partial charge in [0.1, 0.15) is 0 Å². The van der Waals surface area contributed by atoms with Gasteiger partial charge in [0.25, 0.3) is 0 Å². The van der Waals surface area contributed by atoms with Gasteiger partial charge < -0.3 is 5.32 Å². The zero-order valence-electron chi connectivity index (χ0n) is 17.1. The number of hydrogen-bond donors (Lipinski definition) is 1. The van der Waals surface area contributed by atoms with Crippen LogP contribution in [0.15, 0.2) is 83.3 Å². The van der Waals surface area contributed by atoms with Crippen molar-refractivity contribution in [3.8, 4) is 10.7 Å². The highest BCUT2D eigenvalue weighted by atomic mass is 32.2. The third-order valence-electron chi connectivity index (χ3n) is 4.78. The average Bonchev–Trinajstić information content (AvgIpc) is 3.47. The Kier molecular flexibility index (Phi) is 7.52. The monoisotopic (exact) mass is 448 g/mol. The maximum Gasteiger partial charge on any atom is 0.230 e. The van der Waals surface area contributed by atoms with Gasteiger partial charge in [-0.05, 0) is 35.4 Å². The molecule has 0 saturated heterocycles. The minimum absolute atomic E-state index is 0.0185. The Morgan fingerprint density at radius 3 is 2.39 bits per heavy atom. The van der Waals surface area contributed by atoms with Gasteiger partial charge in [-0.1, -0.05) is 78.5 Å². The van der Waals surface area contributed by atoms with Crippen LogP contribution in [0, 0.1) is 0 Å². The van der Waals surface area contributed by atoms with Gasteiger partial charge in [0.15, 0.2) is 11.0 Å². The number of thiophene rings is 1. The minimum Gasteiger partial charge on any atom is -0.355 e. The lowest BCUT2D eigenvalue weighted by Crippen LogP contribution is -2.26. The lowest BCUT2D eigenvalue weighted by Gasteiger charge is -2.10. The van der Waals surface area contributed by atoms with Crippen LogP contribution in [-0.4, -0.2) is 33.0 Å². The Hall–Kier alpha value is -2.90. The van der Waals surface area contributed by atoms with E-state index >= 15 is 0 Å². The molecule has 4 rings (SSSR count). The molecule has 5 nitrogen and oxygen atoms in total. The molecule has 2 heterocycles. The van der Waals surface area contributed by atoms with E-state index in [4.69, 9.17) is 0 Å². The highest BCUT2D eigenvalue weighted by molar-refractivity contribution is 7.99. The standard InChI is InChI=1S/C24H24N4OS2/c29-22(25-15-7-13-19-9-3-1-4-10-19)18-31-24-27-26-23(21-14-8-16-30-21)28(24)17-20-11-5-2-6-12-20/h1-6,8-12,14,16H,7,13,15,17-18H2,(H,25,29). The van der Waals surface area contributed by atoms with E-state index in [0.29, 0.717) is 18.8 Å². The normalized spacial score (nSPS) is 10.8. The van der Waals surface area contributed by atoms with Gasteiger partial charge >= 0.3 is 0 Å². The first-order chi connectivity index (χ1) is 15.3. The highest BCUT2D eigenvalue weighted by Gasteiger charge is 2.16. The van der Waals surface area contributed by atoms with Crippen molar-refractivity contribution in [1.82, 2.24) is 20.1 Å². The average molecular weight is 449 g/mol. The summed E-state index contributed by atoms with van der Waals surface area (Å²) < 4.78 is 2.09. The molecule has 1 amide bonds. The fourth-order valence-corrected chi connectivity index (χ4v) is 4.72. The number of aryl methyl sites for hydroxylation is 1. The molecule has 0 bridgehead atoms. The van der Waals surface area contributed by atoms with Crippen LogP contribution in [-0.2, 0) is 17.8 Å². The Morgan fingerprint density at radius 2 is 1.68 bits per heavy atom. The Morgan fingerprint density at radius 1 is 0.935 bits per heavy atom. The number of benzene rings is 2. The smallest absolute Gasteiger partial charge is 0.230 e. The van der Waals surface area contributed by atoms with Crippen molar-refractivity contribution in [3.05, 3.63) is 89.3 Å². The fourth-order valence-electron chi connectivity index (χ4n) is 3.24. The second kappa shape index (κ2) is 10.9. The van der Waals surface area contributed by atoms with Crippen LogP contribution in [0.25, 0.3) is 10.7 Å². The second-order valence-corrected chi connectivity index (χ2v) is 8.97. The number of hydrogen-bond acceptors (Lipinski definition) is 5. The third kappa shape index (κ3) is 6.06. The van der Waals surface area contributed by atoms with Gasteiger partial charge in [-0.25, -0.2) is 0 Å². The lowest BCUT2D eigenvalue weighted by molar-refractivity contribution is -0.118. The number of carbonyl (C=O) groups is 1. The predicted octanol–water partition coefficient (Wildman–Crippen LogP) is 4.90. The summed E-state index contributed by atoms with van der Waals surface area (Å²) in [4.78, 5) is 13.4. The van der Waals surface area contributed by atoms with Crippen LogP contribution in [0.2, 0.25) is 0 Å². The molecule has 0 atom stereocenters. The molecule has 31 heavy (non-hydrogen) atoms. The van der Waals surface area contributed by atoms with E-state index in [1.165, 1.54) is 22.9 Å². The van der Waals surface area contributed by atoms with Crippen molar-refractivity contribution >= 4 is 29.0 Å². The van der Waals surface area contributed by atoms with Gasteiger partial charge in [0.05, 0.1) is 17.2 Å². The minimum atomic E-state index is 0.0185. The quantitative estimate of drug-likeness (QED) is 0.277. The maximum atomic E-state index is 12.3. The molecule has 158 valence electrons. The van der Waals surface area contributed by atoms with Gasteiger partial charge in [0.2, 0.25) is 5.91 Å². The number of carbonyl (C=O) groups excluding carboxylic acids is 1. The second-order valence-electron chi connectivity index (χ2n) is 7.08. The van der Waals surface area contributed by atoms with E-state index in [-0.39, 0.29) is 5.91 Å². The number of aromatic nitrogens is 3. The summed E-state index contributed by atoms with van der Waals surface area (Å²) in [5.74, 6) is 1.18. The number of nitrogens with zero attached hydrogens (tertiary/aromatic N) is 3. The molecular formula is C24H24N4OS2. The molecule has 1 N–H and O–H groups in total. The first kappa shape index (κ1) is 21.3. The fraction of sp³-hybridized carbons (Fsp3) is 0.208. The molecule has 2 aromatic carbocycles. The van der Waals surface area contributed by atoms with E-state index in [1.807, 2.05) is 53.9 Å². The Balaban J connectivity index is 1.34. The van der Waals surface area contributed by atoms with E-state index in [2.05, 4.69) is 44.3 Å². The largest absolute Gasteiger partial charge is 0.355 e. The summed E-state index contributed by atoms with van der Waals surface area (Å²) in [5, 5.41) is 14.6. The molecule has 0 unspecified atom stereocenters. The Bertz CT molecular complexity index is 1080. The van der Waals surface area contributed by atoms with Crippen LogP contribution >= 0.6 is 23.1 Å². The molecule has 7 heteroatoms. The molecule has 0 aliphatic heterocycles. The molecule has 2 aromatic heterocycles. The number of amides is 1. The van der Waals surface area contributed by atoms with E-state index in [9.17, 15) is 4.79 Å². The number of nitrogens with one attached hydrogen (secondary N) is 1. The van der Waals surface area contributed by atoms with Crippen molar-refractivity contribution in [2.24, 2.45) is 0 Å². The van der Waals surface area contributed by atoms with Crippen LogP contribution in [0.1, 0.15) is 17.5 Å². The van der Waals surface area contributed by atoms with Crippen molar-refractivity contribution in [1.29, 1.82) is 0 Å². The summed E-state index contributed by atoms with van der Waals surface area (Å²) in [7, 11) is 0. The maximum absolute atomic E-state index is 12.3. The van der Waals surface area contributed by atoms with Crippen LogP contribution < -0.4 is 5.32 Å². The van der Waals surface area contributed by atoms with E-state index < -0.39 is 0 Å². The van der Waals surface area contributed by atoms with Gasteiger partial charge in [-0.15, -0.1) is 21.5 Å². The van der Waals surface area contributed by atoms with Gasteiger partial charge in [0, 0.05) is 6.54 Å². The molecule has 0 radical (unpaired) electrons. The van der Waals surface area contributed by atoms with E-state index in [1.54, 1.807) is 11.3 Å². The molecule has 0 fully saturated rings. The summed E-state index contributed by atoms with van der Waals surface area (Å²) in [5.41, 5.74) is 2.47. The SMILES string of the molecule is O=C(CSc1nnc(-c2cccs2)n1Cc1ccccc1)NCCCc1ccccc1. The predicted molar refractivity (Wildman–Crippen MR) is 127 cm³/mol. The zero-order chi connectivity index (χ0) is 21.3. The summed E-state index contributed by atoms with van der Waals surface area (Å²) in [6.07, 6.45) is 1.89. The number of thioether (sulfide) groups is 1. The van der Waals surface area contributed by atoms with E-state index in [0.717, 1.165) is 28.7 Å². The van der Waals surface area contributed by atoms with Crippen LogP contribution in [0.5, 0.6) is 0 Å². The van der Waals surface area contributed by atoms with Crippen LogP contribution in [0.3, 0.4) is 0 Å². The Labute approximate surface area is 190 Å². The van der Waals surface area contributed by atoms with Gasteiger partial charge in [-0.2, -0.15) is 0 Å². The first-order valence-corrected chi connectivity index (χ1v) is 12.1. The highest BCUT2D eigenvalue weighted by Crippen LogP contribution is 2.28. The summed E-state index contributed by atoms with van der Waals surface area (Å²) >= 11 is 3.07. The summed E-state index contributed by atoms with van der Waals surface area (Å²) in [6.45, 7) is 1.34. The molecule has 4 aromatic rings. The zero-order valence-corrected chi connectivity index (χ0v) is 18.7. The number of rotatable bonds is 10. The first-order valence-electron chi connectivity index (χ1n) is 10.2. The molecular weight excluding hydrogens is 424 g/mol. The molecule has 0 saturated carbocycles. The van der Waals surface area contributed by atoms with Crippen LogP contribution in [0.4, 0.5) is 0 Å². The molecule has 0 aliphatic carbocycles. The third-order valence-corrected chi connectivity index (χ3v) is 6.61. The van der Waals surface area contributed by atoms with Crippen molar-refractivity contribution < 1.29 is 4.79 Å².